The van der Waals surface area contributed by atoms with Crippen LogP contribution in [-0.4, -0.2) is 13.7 Å². The van der Waals surface area contributed by atoms with Crippen LogP contribution in [-0.2, 0) is 0 Å². The Labute approximate surface area is 84.8 Å². The second-order valence-corrected chi connectivity index (χ2v) is 3.76. The van der Waals surface area contributed by atoms with E-state index in [0.717, 1.165) is 24.0 Å². The van der Waals surface area contributed by atoms with Gasteiger partial charge in [-0.25, -0.2) is 0 Å². The first-order valence-corrected chi connectivity index (χ1v) is 5.15. The molecule has 76 valence electrons. The van der Waals surface area contributed by atoms with Crippen molar-refractivity contribution < 1.29 is 9.47 Å². The van der Waals surface area contributed by atoms with Gasteiger partial charge in [-0.3, -0.25) is 0 Å². The second-order valence-electron chi connectivity index (χ2n) is 3.76. The summed E-state index contributed by atoms with van der Waals surface area (Å²) in [5, 5.41) is 0. The van der Waals surface area contributed by atoms with Crippen molar-refractivity contribution in [3.8, 4) is 11.5 Å². The molecule has 0 aromatic heterocycles. The highest BCUT2D eigenvalue weighted by Gasteiger charge is 2.20. The molecule has 0 radical (unpaired) electrons. The molecule has 1 aromatic rings. The predicted molar refractivity (Wildman–Crippen MR) is 55.8 cm³/mol. The van der Waals surface area contributed by atoms with Gasteiger partial charge in [0.25, 0.3) is 0 Å². The first-order chi connectivity index (χ1) is 6.88. The van der Waals surface area contributed by atoms with E-state index < -0.39 is 0 Å². The van der Waals surface area contributed by atoms with Gasteiger partial charge in [-0.1, -0.05) is 12.8 Å². The van der Waals surface area contributed by atoms with E-state index in [9.17, 15) is 0 Å². The Balaban J connectivity index is 1.77. The number of rotatable bonds is 5. The summed E-state index contributed by atoms with van der Waals surface area (Å²) in [5.74, 6) is 2.75. The fourth-order valence-electron chi connectivity index (χ4n) is 1.42. The minimum atomic E-state index is 0.844. The second kappa shape index (κ2) is 4.36. The molecule has 14 heavy (non-hydrogen) atoms. The third-order valence-corrected chi connectivity index (χ3v) is 2.55. The van der Waals surface area contributed by atoms with E-state index in [0.29, 0.717) is 0 Å². The summed E-state index contributed by atoms with van der Waals surface area (Å²) in [6.07, 6.45) is 3.99. The summed E-state index contributed by atoms with van der Waals surface area (Å²) in [7, 11) is 1.67. The Bertz CT molecular complexity index is 275. The minimum Gasteiger partial charge on any atom is -0.497 e. The molecule has 0 heterocycles. The molecule has 0 N–H and O–H groups in total. The number of methoxy groups -OCH3 is 1. The van der Waals surface area contributed by atoms with Gasteiger partial charge in [0.15, 0.2) is 0 Å². The zero-order chi connectivity index (χ0) is 9.80. The van der Waals surface area contributed by atoms with Gasteiger partial charge in [-0.2, -0.15) is 0 Å². The van der Waals surface area contributed by atoms with E-state index in [1.165, 1.54) is 19.3 Å². The van der Waals surface area contributed by atoms with Gasteiger partial charge in [0.1, 0.15) is 11.5 Å². The van der Waals surface area contributed by atoms with Crippen LogP contribution in [0.2, 0.25) is 0 Å². The Morgan fingerprint density at radius 3 is 2.36 bits per heavy atom. The largest absolute Gasteiger partial charge is 0.497 e. The summed E-state index contributed by atoms with van der Waals surface area (Å²) in [6.45, 7) is 0.844. The van der Waals surface area contributed by atoms with Gasteiger partial charge in [0.05, 0.1) is 13.7 Å². The third kappa shape index (κ3) is 2.66. The highest BCUT2D eigenvalue weighted by Crippen LogP contribution is 2.32. The van der Waals surface area contributed by atoms with Crippen molar-refractivity contribution in [3.05, 3.63) is 24.3 Å². The first kappa shape index (κ1) is 9.38. The minimum absolute atomic E-state index is 0.844. The monoisotopic (exact) mass is 192 g/mol. The van der Waals surface area contributed by atoms with E-state index in [-0.39, 0.29) is 0 Å². The van der Waals surface area contributed by atoms with Gasteiger partial charge in [0.2, 0.25) is 0 Å². The summed E-state index contributed by atoms with van der Waals surface area (Å²) >= 11 is 0. The summed E-state index contributed by atoms with van der Waals surface area (Å²) < 4.78 is 10.7. The molecule has 0 atom stereocenters. The molecule has 0 spiro atoms. The summed E-state index contributed by atoms with van der Waals surface area (Å²) in [4.78, 5) is 0. The molecule has 0 bridgehead atoms. The predicted octanol–water partition coefficient (Wildman–Crippen LogP) is 2.87. The number of hydrogen-bond acceptors (Lipinski definition) is 2. The molecular weight excluding hydrogens is 176 g/mol. The zero-order valence-electron chi connectivity index (χ0n) is 8.53. The van der Waals surface area contributed by atoms with E-state index >= 15 is 0 Å². The van der Waals surface area contributed by atoms with Crippen molar-refractivity contribution in [2.75, 3.05) is 13.7 Å². The molecule has 0 amide bonds. The average molecular weight is 192 g/mol. The lowest BCUT2D eigenvalue weighted by Crippen LogP contribution is -1.97. The lowest BCUT2D eigenvalue weighted by atomic mass is 10.3. The fourth-order valence-corrected chi connectivity index (χ4v) is 1.42. The van der Waals surface area contributed by atoms with E-state index in [1.807, 2.05) is 24.3 Å². The Morgan fingerprint density at radius 2 is 1.79 bits per heavy atom. The fraction of sp³-hybridized carbons (Fsp3) is 0.500. The molecule has 0 aliphatic heterocycles. The smallest absolute Gasteiger partial charge is 0.119 e. The average Bonchev–Trinajstić information content (AvgIpc) is 3.03. The van der Waals surface area contributed by atoms with Crippen LogP contribution in [0, 0.1) is 5.92 Å². The molecule has 1 aromatic carbocycles. The lowest BCUT2D eigenvalue weighted by molar-refractivity contribution is 0.302. The molecule has 1 saturated carbocycles. The highest BCUT2D eigenvalue weighted by atomic mass is 16.5. The number of benzene rings is 1. The first-order valence-electron chi connectivity index (χ1n) is 5.15. The van der Waals surface area contributed by atoms with Crippen LogP contribution in [0.25, 0.3) is 0 Å². The van der Waals surface area contributed by atoms with Crippen LogP contribution in [0.4, 0.5) is 0 Å². The molecule has 1 fully saturated rings. The third-order valence-electron chi connectivity index (χ3n) is 2.55. The van der Waals surface area contributed by atoms with E-state index in [2.05, 4.69) is 0 Å². The van der Waals surface area contributed by atoms with Crippen molar-refractivity contribution >= 4 is 0 Å². The number of hydrogen-bond donors (Lipinski definition) is 0. The van der Waals surface area contributed by atoms with Crippen molar-refractivity contribution in [1.82, 2.24) is 0 Å². The quantitative estimate of drug-likeness (QED) is 0.714. The Kier molecular flexibility index (Phi) is 2.92. The molecular formula is C12H16O2. The molecule has 0 unspecified atom stereocenters. The van der Waals surface area contributed by atoms with Crippen LogP contribution >= 0.6 is 0 Å². The molecule has 0 saturated heterocycles. The SMILES string of the molecule is COc1ccc(OCCC2CC2)cc1. The van der Waals surface area contributed by atoms with Gasteiger partial charge in [-0.15, -0.1) is 0 Å². The maximum atomic E-state index is 5.60. The van der Waals surface area contributed by atoms with Crippen molar-refractivity contribution in [2.45, 2.75) is 19.3 Å². The van der Waals surface area contributed by atoms with Gasteiger partial charge < -0.3 is 9.47 Å². The molecule has 1 aliphatic carbocycles. The Hall–Kier alpha value is -1.18. The van der Waals surface area contributed by atoms with Gasteiger partial charge >= 0.3 is 0 Å². The van der Waals surface area contributed by atoms with E-state index in [1.54, 1.807) is 7.11 Å². The maximum absolute atomic E-state index is 5.60. The lowest BCUT2D eigenvalue weighted by Gasteiger charge is -2.06. The normalized spacial score (nSPS) is 15.2. The molecule has 2 rings (SSSR count). The summed E-state index contributed by atoms with van der Waals surface area (Å²) in [6, 6.07) is 7.75. The zero-order valence-corrected chi connectivity index (χ0v) is 8.53. The topological polar surface area (TPSA) is 18.5 Å². The van der Waals surface area contributed by atoms with Gasteiger partial charge in [-0.05, 0) is 36.6 Å². The van der Waals surface area contributed by atoms with Gasteiger partial charge in [0, 0.05) is 0 Å². The summed E-state index contributed by atoms with van der Waals surface area (Å²) in [5.41, 5.74) is 0. The highest BCUT2D eigenvalue weighted by molar-refractivity contribution is 5.31. The molecule has 2 nitrogen and oxygen atoms in total. The van der Waals surface area contributed by atoms with Crippen molar-refractivity contribution in [2.24, 2.45) is 5.92 Å². The van der Waals surface area contributed by atoms with Crippen LogP contribution in [0.1, 0.15) is 19.3 Å². The van der Waals surface area contributed by atoms with Crippen LogP contribution in [0.15, 0.2) is 24.3 Å². The molecule has 1 aliphatic rings. The van der Waals surface area contributed by atoms with Crippen LogP contribution in [0.3, 0.4) is 0 Å². The van der Waals surface area contributed by atoms with E-state index in [4.69, 9.17) is 9.47 Å². The van der Waals surface area contributed by atoms with Crippen LogP contribution < -0.4 is 9.47 Å². The van der Waals surface area contributed by atoms with Crippen molar-refractivity contribution in [3.63, 3.8) is 0 Å². The Morgan fingerprint density at radius 1 is 1.14 bits per heavy atom. The van der Waals surface area contributed by atoms with Crippen molar-refractivity contribution in [1.29, 1.82) is 0 Å². The van der Waals surface area contributed by atoms with Crippen LogP contribution in [0.5, 0.6) is 11.5 Å². The standard InChI is InChI=1S/C12H16O2/c1-13-11-4-6-12(7-5-11)14-9-8-10-2-3-10/h4-7,10H,2-3,8-9H2,1H3. The number of ether oxygens (including phenoxy) is 2. The molecule has 2 heteroatoms. The maximum Gasteiger partial charge on any atom is 0.119 e.